The number of rotatable bonds is 5. The normalized spacial score (nSPS) is 11.3. The second kappa shape index (κ2) is 5.09. The van der Waals surface area contributed by atoms with Crippen molar-refractivity contribution in [3.05, 3.63) is 23.9 Å². The van der Waals surface area contributed by atoms with Gasteiger partial charge in [-0.1, -0.05) is 6.07 Å². The van der Waals surface area contributed by atoms with Gasteiger partial charge in [-0.15, -0.1) is 0 Å². The summed E-state index contributed by atoms with van der Waals surface area (Å²) in [4.78, 5) is 3.97. The second-order valence-electron chi connectivity index (χ2n) is 2.90. The molecule has 15 heavy (non-hydrogen) atoms. The quantitative estimate of drug-likeness (QED) is 0.801. The molecule has 0 fully saturated rings. The molecule has 1 aromatic heterocycles. The number of sulfonamides is 1. The summed E-state index contributed by atoms with van der Waals surface area (Å²) >= 11 is 0. The molecule has 1 heterocycles. The van der Waals surface area contributed by atoms with Gasteiger partial charge in [0, 0.05) is 18.3 Å². The number of methoxy groups -OCH3 is 1. The lowest BCUT2D eigenvalue weighted by atomic mass is 10.3. The average molecular weight is 230 g/mol. The van der Waals surface area contributed by atoms with E-state index in [9.17, 15) is 8.42 Å². The summed E-state index contributed by atoms with van der Waals surface area (Å²) in [5.41, 5.74) is 0.719. The topological polar surface area (TPSA) is 68.3 Å². The van der Waals surface area contributed by atoms with Gasteiger partial charge in [0.1, 0.15) is 0 Å². The van der Waals surface area contributed by atoms with E-state index < -0.39 is 10.0 Å². The molecule has 0 saturated carbocycles. The number of nitrogens with one attached hydrogen (secondary N) is 1. The molecule has 0 saturated heterocycles. The molecule has 0 spiro atoms. The Morgan fingerprint density at radius 3 is 2.87 bits per heavy atom. The van der Waals surface area contributed by atoms with E-state index in [1.165, 1.54) is 7.11 Å². The van der Waals surface area contributed by atoms with Crippen molar-refractivity contribution >= 4 is 10.0 Å². The average Bonchev–Trinajstić information content (AvgIpc) is 2.27. The van der Waals surface area contributed by atoms with E-state index in [-0.39, 0.29) is 12.3 Å². The van der Waals surface area contributed by atoms with Crippen LogP contribution in [0.3, 0.4) is 0 Å². The van der Waals surface area contributed by atoms with Crippen LogP contribution >= 0.6 is 0 Å². The van der Waals surface area contributed by atoms with Crippen LogP contribution in [0.25, 0.3) is 0 Å². The largest absolute Gasteiger partial charge is 0.481 e. The maximum absolute atomic E-state index is 11.2. The molecule has 1 aromatic rings. The Labute approximate surface area is 89.5 Å². The standard InChI is InChI=1S/C9H14N2O3S/c1-3-15(12,13)11-7-8-5-4-6-10-9(8)14-2/h4-6,11H,3,7H2,1-2H3. The van der Waals surface area contributed by atoms with Crippen molar-refractivity contribution < 1.29 is 13.2 Å². The molecule has 0 aromatic carbocycles. The molecule has 0 amide bonds. The van der Waals surface area contributed by atoms with Crippen LogP contribution in [0.15, 0.2) is 18.3 Å². The molecule has 0 unspecified atom stereocenters. The Morgan fingerprint density at radius 2 is 2.27 bits per heavy atom. The molecular formula is C9H14N2O3S. The number of aromatic nitrogens is 1. The Hall–Kier alpha value is -1.14. The molecule has 84 valence electrons. The number of pyridine rings is 1. The molecule has 6 heteroatoms. The molecular weight excluding hydrogens is 216 g/mol. The number of hydrogen-bond acceptors (Lipinski definition) is 4. The zero-order valence-electron chi connectivity index (χ0n) is 8.73. The van der Waals surface area contributed by atoms with Crippen molar-refractivity contribution in [2.75, 3.05) is 12.9 Å². The van der Waals surface area contributed by atoms with Crippen LogP contribution in [0.1, 0.15) is 12.5 Å². The fourth-order valence-corrected chi connectivity index (χ4v) is 1.61. The fraction of sp³-hybridized carbons (Fsp3) is 0.444. The van der Waals surface area contributed by atoms with Gasteiger partial charge in [0.2, 0.25) is 15.9 Å². The zero-order chi connectivity index (χ0) is 11.3. The highest BCUT2D eigenvalue weighted by atomic mass is 32.2. The van der Waals surface area contributed by atoms with Crippen LogP contribution in [-0.2, 0) is 16.6 Å². The lowest BCUT2D eigenvalue weighted by molar-refractivity contribution is 0.392. The highest BCUT2D eigenvalue weighted by Gasteiger charge is 2.08. The van der Waals surface area contributed by atoms with E-state index in [1.54, 1.807) is 25.3 Å². The van der Waals surface area contributed by atoms with E-state index in [4.69, 9.17) is 4.74 Å². The van der Waals surface area contributed by atoms with Crippen LogP contribution < -0.4 is 9.46 Å². The van der Waals surface area contributed by atoms with Crippen LogP contribution in [0, 0.1) is 0 Å². The minimum Gasteiger partial charge on any atom is -0.481 e. The van der Waals surface area contributed by atoms with Crippen molar-refractivity contribution in [2.45, 2.75) is 13.5 Å². The van der Waals surface area contributed by atoms with Crippen LogP contribution in [0.2, 0.25) is 0 Å². The smallest absolute Gasteiger partial charge is 0.217 e. The van der Waals surface area contributed by atoms with E-state index in [0.29, 0.717) is 5.88 Å². The lowest BCUT2D eigenvalue weighted by Gasteiger charge is -2.07. The summed E-state index contributed by atoms with van der Waals surface area (Å²) in [5.74, 6) is 0.506. The van der Waals surface area contributed by atoms with E-state index in [2.05, 4.69) is 9.71 Å². The summed E-state index contributed by atoms with van der Waals surface area (Å²) < 4.78 is 29.8. The molecule has 0 atom stereocenters. The Bertz CT molecular complexity index is 417. The van der Waals surface area contributed by atoms with Crippen molar-refractivity contribution in [1.82, 2.24) is 9.71 Å². The number of nitrogens with zero attached hydrogens (tertiary/aromatic N) is 1. The van der Waals surface area contributed by atoms with Gasteiger partial charge in [0.15, 0.2) is 0 Å². The van der Waals surface area contributed by atoms with Crippen LogP contribution in [0.5, 0.6) is 5.88 Å². The van der Waals surface area contributed by atoms with Crippen molar-refractivity contribution in [3.63, 3.8) is 0 Å². The molecule has 0 bridgehead atoms. The highest BCUT2D eigenvalue weighted by molar-refractivity contribution is 7.89. The van der Waals surface area contributed by atoms with Crippen LogP contribution in [0.4, 0.5) is 0 Å². The molecule has 0 radical (unpaired) electrons. The van der Waals surface area contributed by atoms with Crippen molar-refractivity contribution in [1.29, 1.82) is 0 Å². The Morgan fingerprint density at radius 1 is 1.53 bits per heavy atom. The van der Waals surface area contributed by atoms with Gasteiger partial charge in [-0.3, -0.25) is 0 Å². The predicted molar refractivity (Wildman–Crippen MR) is 57.1 cm³/mol. The van der Waals surface area contributed by atoms with Crippen molar-refractivity contribution in [3.8, 4) is 5.88 Å². The molecule has 1 rings (SSSR count). The molecule has 0 aliphatic carbocycles. The van der Waals surface area contributed by atoms with Gasteiger partial charge in [0.05, 0.1) is 12.9 Å². The van der Waals surface area contributed by atoms with E-state index >= 15 is 0 Å². The number of hydrogen-bond donors (Lipinski definition) is 1. The monoisotopic (exact) mass is 230 g/mol. The summed E-state index contributed by atoms with van der Waals surface area (Å²) in [6.07, 6.45) is 1.59. The van der Waals surface area contributed by atoms with Gasteiger partial charge in [-0.2, -0.15) is 0 Å². The van der Waals surface area contributed by atoms with Gasteiger partial charge in [-0.25, -0.2) is 18.1 Å². The Kier molecular flexibility index (Phi) is 4.05. The van der Waals surface area contributed by atoms with Crippen LogP contribution in [-0.4, -0.2) is 26.3 Å². The summed E-state index contributed by atoms with van der Waals surface area (Å²) in [5, 5.41) is 0. The highest BCUT2D eigenvalue weighted by Crippen LogP contribution is 2.13. The molecule has 0 aliphatic rings. The first kappa shape index (κ1) is 11.9. The predicted octanol–water partition coefficient (Wildman–Crippen LogP) is 0.529. The van der Waals surface area contributed by atoms with Gasteiger partial charge in [-0.05, 0) is 13.0 Å². The summed E-state index contributed by atoms with van der Waals surface area (Å²) in [6.45, 7) is 1.79. The molecule has 5 nitrogen and oxygen atoms in total. The maximum atomic E-state index is 11.2. The first-order chi connectivity index (χ1) is 7.09. The van der Waals surface area contributed by atoms with E-state index in [1.807, 2.05) is 0 Å². The first-order valence-electron chi connectivity index (χ1n) is 4.54. The number of ether oxygens (including phenoxy) is 1. The first-order valence-corrected chi connectivity index (χ1v) is 6.19. The fourth-order valence-electron chi connectivity index (χ4n) is 1.03. The molecule has 1 N–H and O–H groups in total. The Balaban J connectivity index is 2.73. The zero-order valence-corrected chi connectivity index (χ0v) is 9.54. The van der Waals surface area contributed by atoms with E-state index in [0.717, 1.165) is 5.56 Å². The van der Waals surface area contributed by atoms with Crippen molar-refractivity contribution in [2.24, 2.45) is 0 Å². The third-order valence-electron chi connectivity index (χ3n) is 1.91. The summed E-state index contributed by atoms with van der Waals surface area (Å²) in [7, 11) is -1.68. The van der Waals surface area contributed by atoms with Gasteiger partial charge >= 0.3 is 0 Å². The summed E-state index contributed by atoms with van der Waals surface area (Å²) in [6, 6.07) is 3.50. The maximum Gasteiger partial charge on any atom is 0.217 e. The second-order valence-corrected chi connectivity index (χ2v) is 4.99. The third kappa shape index (κ3) is 3.49. The SMILES string of the molecule is CCS(=O)(=O)NCc1cccnc1OC. The third-order valence-corrected chi connectivity index (χ3v) is 3.25. The minimum atomic E-state index is -3.18. The van der Waals surface area contributed by atoms with Gasteiger partial charge < -0.3 is 4.74 Å². The minimum absolute atomic E-state index is 0.0651. The van der Waals surface area contributed by atoms with Gasteiger partial charge in [0.25, 0.3) is 0 Å². The lowest BCUT2D eigenvalue weighted by Crippen LogP contribution is -2.25. The molecule has 0 aliphatic heterocycles.